The number of aromatic nitrogens is 4. The van der Waals surface area contributed by atoms with Gasteiger partial charge >= 0.3 is 13.7 Å². The number of nitrogen functional groups attached to an aromatic ring is 1. The number of benzene rings is 1. The summed E-state index contributed by atoms with van der Waals surface area (Å²) in [5.74, 6) is 0.0195. The highest BCUT2D eigenvalue weighted by atomic mass is 31.2. The van der Waals surface area contributed by atoms with E-state index in [1.807, 2.05) is 11.9 Å². The van der Waals surface area contributed by atoms with Crippen LogP contribution in [0.5, 0.6) is 5.75 Å². The molecule has 0 amide bonds. The van der Waals surface area contributed by atoms with Gasteiger partial charge in [0.05, 0.1) is 19.0 Å². The number of carbonyl (C=O) groups excluding carboxylic acids is 1. The first-order chi connectivity index (χ1) is 20.0. The third kappa shape index (κ3) is 6.50. The lowest BCUT2D eigenvalue weighted by Crippen LogP contribution is -2.37. The first-order valence-corrected chi connectivity index (χ1v) is 15.2. The van der Waals surface area contributed by atoms with Gasteiger partial charge in [0.1, 0.15) is 24.0 Å². The topological polar surface area (TPSA) is 176 Å². The first kappa shape index (κ1) is 30.1. The SMILES string of the molecule is CC(C)OC(=O)[C@H](C)NP(=O)(OC[C@H]1O[C@@H](n2cnc3c(N(C)C4CC4)nc(N)nc32)[C@@H](F)[C@@H]1O)Oc1ccccc1. The summed E-state index contributed by atoms with van der Waals surface area (Å²) in [6.45, 7) is 4.26. The lowest BCUT2D eigenvalue weighted by atomic mass is 10.1. The average molecular weight is 608 g/mol. The predicted molar refractivity (Wildman–Crippen MR) is 150 cm³/mol. The molecule has 5 rings (SSSR count). The largest absolute Gasteiger partial charge is 0.462 e. The zero-order valence-corrected chi connectivity index (χ0v) is 24.6. The molecular formula is C26H35FN7O7P. The molecule has 0 bridgehead atoms. The van der Waals surface area contributed by atoms with Crippen molar-refractivity contribution in [3.05, 3.63) is 36.7 Å². The Labute approximate surface area is 241 Å². The highest BCUT2D eigenvalue weighted by Crippen LogP contribution is 2.46. The summed E-state index contributed by atoms with van der Waals surface area (Å²) in [6, 6.07) is 7.40. The average Bonchev–Trinajstić information content (AvgIpc) is 3.65. The van der Waals surface area contributed by atoms with Crippen LogP contribution in [0, 0.1) is 0 Å². The molecule has 1 saturated heterocycles. The van der Waals surface area contributed by atoms with Gasteiger partial charge in [-0.2, -0.15) is 15.1 Å². The Hall–Kier alpha value is -3.36. The number of imidazole rings is 1. The van der Waals surface area contributed by atoms with Crippen molar-refractivity contribution in [2.75, 3.05) is 24.3 Å². The Balaban J connectivity index is 1.34. The number of halogens is 1. The summed E-state index contributed by atoms with van der Waals surface area (Å²) in [5, 5.41) is 13.3. The van der Waals surface area contributed by atoms with E-state index in [0.717, 1.165) is 12.8 Å². The van der Waals surface area contributed by atoms with Crippen LogP contribution in [0.15, 0.2) is 36.7 Å². The fourth-order valence-electron chi connectivity index (χ4n) is 4.56. The maximum Gasteiger partial charge on any atom is 0.459 e. The van der Waals surface area contributed by atoms with Crippen molar-refractivity contribution in [1.29, 1.82) is 0 Å². The Morgan fingerprint density at radius 2 is 2.00 bits per heavy atom. The highest BCUT2D eigenvalue weighted by molar-refractivity contribution is 7.52. The number of aliphatic hydroxyl groups is 1. The van der Waals surface area contributed by atoms with Crippen LogP contribution in [0.4, 0.5) is 16.2 Å². The van der Waals surface area contributed by atoms with Gasteiger partial charge in [-0.25, -0.2) is 13.9 Å². The Morgan fingerprint density at radius 3 is 2.67 bits per heavy atom. The molecule has 2 aliphatic rings. The number of anilines is 2. The minimum atomic E-state index is -4.27. The van der Waals surface area contributed by atoms with E-state index in [9.17, 15) is 14.5 Å². The molecule has 3 heterocycles. The molecule has 42 heavy (non-hydrogen) atoms. The summed E-state index contributed by atoms with van der Waals surface area (Å²) < 4.78 is 52.8. The summed E-state index contributed by atoms with van der Waals surface area (Å²) in [4.78, 5) is 27.3. The van der Waals surface area contributed by atoms with Crippen LogP contribution in [0.1, 0.15) is 39.8 Å². The molecule has 4 N–H and O–H groups in total. The number of aliphatic hydroxyl groups excluding tert-OH is 1. The lowest BCUT2D eigenvalue weighted by Gasteiger charge is -2.25. The molecular weight excluding hydrogens is 572 g/mol. The van der Waals surface area contributed by atoms with E-state index in [1.165, 1.54) is 17.8 Å². The fraction of sp³-hybridized carbons (Fsp3) is 0.538. The molecule has 6 atom stereocenters. The van der Waals surface area contributed by atoms with Gasteiger partial charge in [0.2, 0.25) is 5.95 Å². The van der Waals surface area contributed by atoms with Gasteiger partial charge < -0.3 is 29.7 Å². The molecule has 1 unspecified atom stereocenters. The molecule has 1 aliphatic heterocycles. The van der Waals surface area contributed by atoms with Gasteiger partial charge in [-0.1, -0.05) is 18.2 Å². The van der Waals surface area contributed by atoms with Crippen LogP contribution < -0.4 is 20.2 Å². The molecule has 14 nitrogen and oxygen atoms in total. The van der Waals surface area contributed by atoms with Gasteiger partial charge in [0.15, 0.2) is 29.4 Å². The smallest absolute Gasteiger partial charge is 0.459 e. The van der Waals surface area contributed by atoms with Crippen LogP contribution in [-0.2, 0) is 23.4 Å². The molecule has 228 valence electrons. The second kappa shape index (κ2) is 12.1. The number of ether oxygens (including phenoxy) is 2. The van der Waals surface area contributed by atoms with Crippen molar-refractivity contribution < 1.29 is 37.4 Å². The number of nitrogens with zero attached hydrogens (tertiary/aromatic N) is 5. The van der Waals surface area contributed by atoms with Gasteiger partial charge in [-0.15, -0.1) is 0 Å². The minimum Gasteiger partial charge on any atom is -0.462 e. The lowest BCUT2D eigenvalue weighted by molar-refractivity contribution is -0.149. The number of nitrogens with one attached hydrogen (secondary N) is 1. The molecule has 16 heteroatoms. The van der Waals surface area contributed by atoms with Crippen molar-refractivity contribution in [2.45, 2.75) is 76.4 Å². The monoisotopic (exact) mass is 607 g/mol. The molecule has 2 fully saturated rings. The molecule has 0 spiro atoms. The van der Waals surface area contributed by atoms with E-state index in [4.69, 9.17) is 24.3 Å². The second-order valence-electron chi connectivity index (χ2n) is 10.6. The Bertz CT molecular complexity index is 1460. The number of hydrogen-bond acceptors (Lipinski definition) is 12. The Morgan fingerprint density at radius 1 is 1.29 bits per heavy atom. The number of alkyl halides is 1. The van der Waals surface area contributed by atoms with Crippen LogP contribution in [-0.4, -0.2) is 80.8 Å². The van der Waals surface area contributed by atoms with Crippen LogP contribution in [0.25, 0.3) is 11.2 Å². The molecule has 1 saturated carbocycles. The van der Waals surface area contributed by atoms with Crippen LogP contribution in [0.3, 0.4) is 0 Å². The summed E-state index contributed by atoms with van der Waals surface area (Å²) in [5.41, 5.74) is 6.62. The standard InChI is InChI=1S/C26H35FN7O7P/c1-14(2)39-25(36)15(3)32-42(37,41-17-8-6-5-7-9-17)38-12-18-21(35)19(27)24(40-18)34-13-29-20-22(33(4)16-10-11-16)30-26(28)31-23(20)34/h5-9,13-16,18-19,21,24,35H,10-12H2,1-4H3,(H,32,37)(H2,28,30,31)/t15-,18+,19-,21+,24+,42?/m0/s1. The zero-order valence-electron chi connectivity index (χ0n) is 23.7. The number of fused-ring (bicyclic) bond motifs is 1. The summed E-state index contributed by atoms with van der Waals surface area (Å²) in [6.07, 6.45) is -3.20. The van der Waals surface area contributed by atoms with Crippen molar-refractivity contribution >= 4 is 36.6 Å². The van der Waals surface area contributed by atoms with Crippen molar-refractivity contribution in [3.63, 3.8) is 0 Å². The van der Waals surface area contributed by atoms with E-state index in [2.05, 4.69) is 20.0 Å². The van der Waals surface area contributed by atoms with E-state index in [0.29, 0.717) is 17.4 Å². The summed E-state index contributed by atoms with van der Waals surface area (Å²) >= 11 is 0. The minimum absolute atomic E-state index is 0.0178. The fourth-order valence-corrected chi connectivity index (χ4v) is 6.06. The first-order valence-electron chi connectivity index (χ1n) is 13.6. The highest BCUT2D eigenvalue weighted by Gasteiger charge is 2.47. The Kier molecular flexibility index (Phi) is 8.67. The van der Waals surface area contributed by atoms with Crippen molar-refractivity contribution in [3.8, 4) is 5.75 Å². The van der Waals surface area contributed by atoms with E-state index >= 15 is 4.39 Å². The van der Waals surface area contributed by atoms with E-state index in [1.54, 1.807) is 44.2 Å². The van der Waals surface area contributed by atoms with Crippen LogP contribution >= 0.6 is 7.75 Å². The maximum absolute atomic E-state index is 15.5. The number of rotatable bonds is 12. The molecule has 1 aromatic carbocycles. The number of para-hydroxylation sites is 1. The summed E-state index contributed by atoms with van der Waals surface area (Å²) in [7, 11) is -2.39. The molecule has 1 aliphatic carbocycles. The number of nitrogens with two attached hydrogens (primary N) is 1. The third-order valence-electron chi connectivity index (χ3n) is 6.85. The molecule has 0 radical (unpaired) electrons. The second-order valence-corrected chi connectivity index (χ2v) is 12.3. The number of esters is 1. The van der Waals surface area contributed by atoms with Gasteiger partial charge in [0.25, 0.3) is 0 Å². The normalized spacial score (nSPS) is 24.5. The van der Waals surface area contributed by atoms with Gasteiger partial charge in [-0.05, 0) is 45.7 Å². The quantitative estimate of drug-likeness (QED) is 0.203. The van der Waals surface area contributed by atoms with Crippen molar-refractivity contribution in [1.82, 2.24) is 24.6 Å². The van der Waals surface area contributed by atoms with Gasteiger partial charge in [0, 0.05) is 13.1 Å². The number of hydrogen-bond donors (Lipinski definition) is 3. The van der Waals surface area contributed by atoms with E-state index < -0.39 is 57.1 Å². The van der Waals surface area contributed by atoms with Gasteiger partial charge in [-0.3, -0.25) is 13.9 Å². The molecule has 3 aromatic rings. The van der Waals surface area contributed by atoms with E-state index in [-0.39, 0.29) is 17.3 Å². The maximum atomic E-state index is 15.5. The van der Waals surface area contributed by atoms with Crippen LogP contribution in [0.2, 0.25) is 0 Å². The van der Waals surface area contributed by atoms with Crippen molar-refractivity contribution in [2.24, 2.45) is 0 Å². The molecule has 2 aromatic heterocycles. The zero-order chi connectivity index (χ0) is 30.2. The predicted octanol–water partition coefficient (Wildman–Crippen LogP) is 2.74. The third-order valence-corrected chi connectivity index (χ3v) is 8.50. The number of carbonyl (C=O) groups is 1.